The molecule has 0 radical (unpaired) electrons. The molecule has 1 rings (SSSR count). The summed E-state index contributed by atoms with van der Waals surface area (Å²) in [5, 5.41) is 18.5. The van der Waals surface area contributed by atoms with Gasteiger partial charge in [-0.2, -0.15) is 5.26 Å². The molecular weight excluding hydrogens is 244 g/mol. The highest BCUT2D eigenvalue weighted by Gasteiger charge is 2.15. The molecule has 0 heterocycles. The standard InChI is InChI=1S/C11H11ClN2O3/c1-7-3-8(2)11(4-10(7)14(15)16)17-6-9(12)5-13/h3-4,9H,6H2,1-2H3. The molecule has 0 bridgehead atoms. The van der Waals surface area contributed by atoms with E-state index < -0.39 is 10.3 Å². The molecule has 0 fully saturated rings. The molecule has 1 atom stereocenters. The normalized spacial score (nSPS) is 11.6. The summed E-state index contributed by atoms with van der Waals surface area (Å²) < 4.78 is 5.28. The molecule has 0 amide bonds. The summed E-state index contributed by atoms with van der Waals surface area (Å²) in [6.45, 7) is 3.44. The van der Waals surface area contributed by atoms with Crippen LogP contribution in [0.2, 0.25) is 0 Å². The number of hydrogen-bond donors (Lipinski definition) is 0. The second kappa shape index (κ2) is 5.51. The van der Waals surface area contributed by atoms with Crippen molar-refractivity contribution in [3.63, 3.8) is 0 Å². The van der Waals surface area contributed by atoms with Crippen molar-refractivity contribution >= 4 is 17.3 Å². The van der Waals surface area contributed by atoms with E-state index in [2.05, 4.69) is 0 Å². The van der Waals surface area contributed by atoms with E-state index in [4.69, 9.17) is 21.6 Å². The van der Waals surface area contributed by atoms with Crippen LogP contribution in [-0.2, 0) is 0 Å². The Bertz CT molecular complexity index is 482. The molecule has 0 aliphatic carbocycles. The molecule has 17 heavy (non-hydrogen) atoms. The number of nitro benzene ring substituents is 1. The minimum atomic E-state index is -0.769. The molecule has 0 aliphatic heterocycles. The summed E-state index contributed by atoms with van der Waals surface area (Å²) in [6, 6.07) is 4.83. The molecule has 0 saturated carbocycles. The molecule has 1 aromatic rings. The van der Waals surface area contributed by atoms with Gasteiger partial charge in [-0.3, -0.25) is 10.1 Å². The number of aryl methyl sites for hydroxylation is 2. The Morgan fingerprint density at radius 2 is 2.18 bits per heavy atom. The molecule has 0 aliphatic rings. The van der Waals surface area contributed by atoms with E-state index >= 15 is 0 Å². The number of ether oxygens (including phenoxy) is 1. The number of halogens is 1. The van der Waals surface area contributed by atoms with Crippen LogP contribution in [0.1, 0.15) is 11.1 Å². The van der Waals surface area contributed by atoms with E-state index in [9.17, 15) is 10.1 Å². The monoisotopic (exact) mass is 254 g/mol. The Morgan fingerprint density at radius 1 is 1.53 bits per heavy atom. The smallest absolute Gasteiger partial charge is 0.276 e. The summed E-state index contributed by atoms with van der Waals surface area (Å²) in [5.74, 6) is 0.378. The molecule has 1 aromatic carbocycles. The fourth-order valence-electron chi connectivity index (χ4n) is 1.37. The largest absolute Gasteiger partial charge is 0.490 e. The topological polar surface area (TPSA) is 76.2 Å². The Hall–Kier alpha value is -1.80. The van der Waals surface area contributed by atoms with E-state index in [1.165, 1.54) is 6.07 Å². The predicted octanol–water partition coefficient (Wildman–Crippen LogP) is 2.72. The SMILES string of the molecule is Cc1cc(C)c([N+](=O)[O-])cc1OCC(Cl)C#N. The zero-order chi connectivity index (χ0) is 13.0. The van der Waals surface area contributed by atoms with Crippen LogP contribution in [0.5, 0.6) is 5.75 Å². The minimum Gasteiger partial charge on any atom is -0.490 e. The van der Waals surface area contributed by atoms with E-state index in [1.807, 2.05) is 6.07 Å². The van der Waals surface area contributed by atoms with Gasteiger partial charge in [0.15, 0.2) is 5.38 Å². The minimum absolute atomic E-state index is 0.000882. The predicted molar refractivity (Wildman–Crippen MR) is 63.3 cm³/mol. The highest BCUT2D eigenvalue weighted by Crippen LogP contribution is 2.28. The van der Waals surface area contributed by atoms with Crippen molar-refractivity contribution in [3.8, 4) is 11.8 Å². The second-order valence-corrected chi connectivity index (χ2v) is 4.10. The molecule has 1 unspecified atom stereocenters. The summed E-state index contributed by atoms with van der Waals surface area (Å²) in [7, 11) is 0. The van der Waals surface area contributed by atoms with Crippen molar-refractivity contribution in [2.75, 3.05) is 6.61 Å². The highest BCUT2D eigenvalue weighted by atomic mass is 35.5. The van der Waals surface area contributed by atoms with Gasteiger partial charge in [-0.15, -0.1) is 11.6 Å². The summed E-state index contributed by atoms with van der Waals surface area (Å²) >= 11 is 5.58. The molecule has 5 nitrogen and oxygen atoms in total. The molecular formula is C11H11ClN2O3. The van der Waals surface area contributed by atoms with Crippen LogP contribution in [-0.4, -0.2) is 16.9 Å². The lowest BCUT2D eigenvalue weighted by Crippen LogP contribution is -2.10. The van der Waals surface area contributed by atoms with Crippen LogP contribution in [0.15, 0.2) is 12.1 Å². The number of hydrogen-bond acceptors (Lipinski definition) is 4. The number of alkyl halides is 1. The first kappa shape index (κ1) is 13.3. The Morgan fingerprint density at radius 3 is 2.71 bits per heavy atom. The van der Waals surface area contributed by atoms with Gasteiger partial charge in [0.25, 0.3) is 5.69 Å². The lowest BCUT2D eigenvalue weighted by atomic mass is 10.1. The quantitative estimate of drug-likeness (QED) is 0.470. The third-order valence-electron chi connectivity index (χ3n) is 2.22. The van der Waals surface area contributed by atoms with Gasteiger partial charge in [-0.25, -0.2) is 0 Å². The van der Waals surface area contributed by atoms with Gasteiger partial charge in [0.05, 0.1) is 17.1 Å². The van der Waals surface area contributed by atoms with Gasteiger partial charge in [-0.05, 0) is 25.5 Å². The van der Waals surface area contributed by atoms with Crippen LogP contribution in [0.25, 0.3) is 0 Å². The number of nitriles is 1. The van der Waals surface area contributed by atoms with Gasteiger partial charge in [0, 0.05) is 5.56 Å². The van der Waals surface area contributed by atoms with E-state index in [0.717, 1.165) is 5.56 Å². The fourth-order valence-corrected chi connectivity index (χ4v) is 1.44. The first-order valence-electron chi connectivity index (χ1n) is 4.88. The first-order valence-corrected chi connectivity index (χ1v) is 5.31. The molecule has 0 saturated heterocycles. The Balaban J connectivity index is 2.97. The summed E-state index contributed by atoms with van der Waals surface area (Å²) in [4.78, 5) is 10.3. The van der Waals surface area contributed by atoms with E-state index in [1.54, 1.807) is 19.9 Å². The third kappa shape index (κ3) is 3.33. The maximum Gasteiger partial charge on any atom is 0.276 e. The van der Waals surface area contributed by atoms with Crippen molar-refractivity contribution in [3.05, 3.63) is 33.4 Å². The number of nitrogens with zero attached hydrogens (tertiary/aromatic N) is 2. The zero-order valence-electron chi connectivity index (χ0n) is 9.44. The molecule has 6 heteroatoms. The molecule has 0 spiro atoms. The number of rotatable bonds is 4. The van der Waals surface area contributed by atoms with E-state index in [-0.39, 0.29) is 12.3 Å². The second-order valence-electron chi connectivity index (χ2n) is 3.57. The first-order chi connectivity index (χ1) is 7.95. The van der Waals surface area contributed by atoms with Crippen molar-refractivity contribution in [2.24, 2.45) is 0 Å². The Labute approximate surface area is 104 Å². The summed E-state index contributed by atoms with van der Waals surface area (Å²) in [6.07, 6.45) is 0. The summed E-state index contributed by atoms with van der Waals surface area (Å²) in [5.41, 5.74) is 1.34. The van der Waals surface area contributed by atoms with Crippen LogP contribution in [0.4, 0.5) is 5.69 Å². The fraction of sp³-hybridized carbons (Fsp3) is 0.364. The van der Waals surface area contributed by atoms with E-state index in [0.29, 0.717) is 11.3 Å². The van der Waals surface area contributed by atoms with Crippen molar-refractivity contribution < 1.29 is 9.66 Å². The van der Waals surface area contributed by atoms with Crippen LogP contribution in [0, 0.1) is 35.3 Å². The highest BCUT2D eigenvalue weighted by molar-refractivity contribution is 6.22. The molecule has 0 N–H and O–H groups in total. The number of benzene rings is 1. The maximum atomic E-state index is 10.8. The molecule has 0 aromatic heterocycles. The van der Waals surface area contributed by atoms with Gasteiger partial charge in [0.1, 0.15) is 12.4 Å². The van der Waals surface area contributed by atoms with Crippen LogP contribution in [0.3, 0.4) is 0 Å². The maximum absolute atomic E-state index is 10.8. The number of nitro groups is 1. The van der Waals surface area contributed by atoms with Crippen LogP contribution >= 0.6 is 11.6 Å². The van der Waals surface area contributed by atoms with Crippen LogP contribution < -0.4 is 4.74 Å². The van der Waals surface area contributed by atoms with Gasteiger partial charge >= 0.3 is 0 Å². The van der Waals surface area contributed by atoms with Crippen molar-refractivity contribution in [2.45, 2.75) is 19.2 Å². The lowest BCUT2D eigenvalue weighted by Gasteiger charge is -2.10. The van der Waals surface area contributed by atoms with Gasteiger partial charge < -0.3 is 4.74 Å². The molecule has 90 valence electrons. The van der Waals surface area contributed by atoms with Crippen molar-refractivity contribution in [1.29, 1.82) is 5.26 Å². The average Bonchev–Trinajstić information content (AvgIpc) is 2.26. The van der Waals surface area contributed by atoms with Gasteiger partial charge in [-0.1, -0.05) is 0 Å². The third-order valence-corrected chi connectivity index (χ3v) is 2.44. The lowest BCUT2D eigenvalue weighted by molar-refractivity contribution is -0.385. The van der Waals surface area contributed by atoms with Crippen molar-refractivity contribution in [1.82, 2.24) is 0 Å². The Kier molecular flexibility index (Phi) is 4.30. The zero-order valence-corrected chi connectivity index (χ0v) is 10.2. The van der Waals surface area contributed by atoms with Gasteiger partial charge in [0.2, 0.25) is 0 Å². The average molecular weight is 255 g/mol.